The van der Waals surface area contributed by atoms with Gasteiger partial charge in [0.05, 0.1) is 19.3 Å². The lowest BCUT2D eigenvalue weighted by Crippen LogP contribution is -2.68. The van der Waals surface area contributed by atoms with Gasteiger partial charge in [-0.05, 0) is 0 Å². The van der Waals surface area contributed by atoms with Crippen LogP contribution in [-0.4, -0.2) is 97.5 Å². The van der Waals surface area contributed by atoms with Gasteiger partial charge >= 0.3 is 5.97 Å². The molecule has 1 fully saturated rings. The van der Waals surface area contributed by atoms with Gasteiger partial charge in [-0.25, -0.2) is 4.79 Å². The van der Waals surface area contributed by atoms with Crippen LogP contribution in [0.4, 0.5) is 0 Å². The number of aliphatic hydroxyl groups excluding tert-OH is 5. The van der Waals surface area contributed by atoms with E-state index in [4.69, 9.17) is 20.2 Å². The fourth-order valence-electron chi connectivity index (χ4n) is 2.35. The van der Waals surface area contributed by atoms with E-state index < -0.39 is 61.8 Å². The molecule has 0 radical (unpaired) electrons. The molecule has 1 saturated heterocycles. The molecule has 2 unspecified atom stereocenters. The van der Waals surface area contributed by atoms with Crippen LogP contribution in [0, 0.1) is 0 Å². The summed E-state index contributed by atoms with van der Waals surface area (Å²) in [5, 5.41) is 56.4. The van der Waals surface area contributed by atoms with Gasteiger partial charge < -0.3 is 35.2 Å². The maximum atomic E-state index is 11.7. The van der Waals surface area contributed by atoms with E-state index in [1.165, 1.54) is 0 Å². The molecule has 0 aromatic heterocycles. The number of aliphatic hydroxyl groups is 5. The molecule has 0 saturated carbocycles. The first-order valence-electron chi connectivity index (χ1n) is 6.35. The molecule has 6 N–H and O–H groups in total. The monoisotopic (exact) mass is 325 g/mol. The minimum Gasteiger partial charge on any atom is -0.394 e. The zero-order valence-corrected chi connectivity index (χ0v) is 11.6. The van der Waals surface area contributed by atoms with Crippen molar-refractivity contribution >= 4 is 11.9 Å². The summed E-state index contributed by atoms with van der Waals surface area (Å²) in [7, 11) is 0. The Morgan fingerprint density at radius 1 is 1.18 bits per heavy atom. The first-order valence-corrected chi connectivity index (χ1v) is 6.35. The van der Waals surface area contributed by atoms with Gasteiger partial charge in [0.1, 0.15) is 18.2 Å². The highest BCUT2D eigenvalue weighted by atomic mass is 17.1. The molecule has 1 aliphatic rings. The van der Waals surface area contributed by atoms with E-state index in [1.54, 1.807) is 0 Å². The van der Waals surface area contributed by atoms with Gasteiger partial charge in [0.2, 0.25) is 5.91 Å². The fourth-order valence-corrected chi connectivity index (χ4v) is 2.35. The van der Waals surface area contributed by atoms with Gasteiger partial charge in [-0.15, -0.1) is 0 Å². The number of ether oxygens (including phenoxy) is 1. The first-order chi connectivity index (χ1) is 10.3. The molecular formula is C11H19NO10. The molecule has 1 heterocycles. The SMILES string of the molecule is CC(=O)N(C(CO)CO)C1C(O)O[C@H](C(=O)OO)[C@@H](O)[C@@H]1O. The van der Waals surface area contributed by atoms with E-state index in [-0.39, 0.29) is 0 Å². The lowest BCUT2D eigenvalue weighted by Gasteiger charge is -2.46. The van der Waals surface area contributed by atoms with E-state index in [1.807, 2.05) is 0 Å². The molecule has 0 spiro atoms. The quantitative estimate of drug-likeness (QED) is 0.216. The van der Waals surface area contributed by atoms with E-state index >= 15 is 0 Å². The maximum absolute atomic E-state index is 11.7. The van der Waals surface area contributed by atoms with E-state index in [9.17, 15) is 24.9 Å². The predicted molar refractivity (Wildman–Crippen MR) is 65.9 cm³/mol. The van der Waals surface area contributed by atoms with Crippen molar-refractivity contribution in [2.75, 3.05) is 13.2 Å². The number of amides is 1. The third-order valence-electron chi connectivity index (χ3n) is 3.41. The Bertz CT molecular complexity index is 400. The standard InChI is InChI=1S/C11H19NO10/c1-4(15)12(5(2-13)3-14)6-7(16)8(17)9(11(19)22-20)21-10(6)18/h5-10,13-14,16-18,20H,2-3H2,1H3/t6?,7-,8+,9+,10?/m1/s1. The van der Waals surface area contributed by atoms with Crippen molar-refractivity contribution in [3.8, 4) is 0 Å². The Kier molecular flexibility index (Phi) is 6.62. The smallest absolute Gasteiger partial charge is 0.373 e. The third kappa shape index (κ3) is 3.52. The van der Waals surface area contributed by atoms with Crippen molar-refractivity contribution in [3.05, 3.63) is 0 Å². The normalized spacial score (nSPS) is 31.9. The van der Waals surface area contributed by atoms with Gasteiger partial charge in [-0.1, -0.05) is 0 Å². The summed E-state index contributed by atoms with van der Waals surface area (Å²) < 4.78 is 4.76. The molecule has 11 heteroatoms. The van der Waals surface area contributed by atoms with Gasteiger partial charge in [0.15, 0.2) is 12.4 Å². The number of carbonyl (C=O) groups excluding carboxylic acids is 2. The Balaban J connectivity index is 3.08. The molecule has 11 nitrogen and oxygen atoms in total. The lowest BCUT2D eigenvalue weighted by molar-refractivity contribution is -0.292. The van der Waals surface area contributed by atoms with Gasteiger partial charge in [0.25, 0.3) is 0 Å². The number of nitrogens with zero attached hydrogens (tertiary/aromatic N) is 1. The van der Waals surface area contributed by atoms with Crippen LogP contribution in [0.15, 0.2) is 0 Å². The lowest BCUT2D eigenvalue weighted by atomic mass is 9.94. The molecule has 0 bridgehead atoms. The molecule has 22 heavy (non-hydrogen) atoms. The zero-order chi connectivity index (χ0) is 17.0. The molecule has 1 rings (SSSR count). The maximum Gasteiger partial charge on any atom is 0.373 e. The van der Waals surface area contributed by atoms with Gasteiger partial charge in [-0.2, -0.15) is 5.26 Å². The second kappa shape index (κ2) is 7.78. The third-order valence-corrected chi connectivity index (χ3v) is 3.41. The Hall–Kier alpha value is -1.34. The summed E-state index contributed by atoms with van der Waals surface area (Å²) in [4.78, 5) is 27.0. The van der Waals surface area contributed by atoms with E-state index in [2.05, 4.69) is 4.89 Å². The van der Waals surface area contributed by atoms with Crippen LogP contribution < -0.4 is 0 Å². The van der Waals surface area contributed by atoms with Gasteiger partial charge in [0, 0.05) is 6.92 Å². The molecule has 1 amide bonds. The largest absolute Gasteiger partial charge is 0.394 e. The second-order valence-corrected chi connectivity index (χ2v) is 4.77. The highest BCUT2D eigenvalue weighted by molar-refractivity contribution is 5.76. The molecule has 128 valence electrons. The van der Waals surface area contributed by atoms with Crippen molar-refractivity contribution in [1.82, 2.24) is 4.90 Å². The van der Waals surface area contributed by atoms with Crippen LogP contribution in [0.1, 0.15) is 6.92 Å². The summed E-state index contributed by atoms with van der Waals surface area (Å²) >= 11 is 0. The van der Waals surface area contributed by atoms with Crippen LogP contribution in [0.2, 0.25) is 0 Å². The summed E-state index contributed by atoms with van der Waals surface area (Å²) in [6, 6.07) is -2.72. The Labute approximate surface area is 124 Å². The van der Waals surface area contributed by atoms with Crippen molar-refractivity contribution in [2.24, 2.45) is 0 Å². The van der Waals surface area contributed by atoms with Crippen molar-refractivity contribution < 1.29 is 50.0 Å². The Morgan fingerprint density at radius 3 is 2.14 bits per heavy atom. The number of carbonyl (C=O) groups is 2. The van der Waals surface area contributed by atoms with Gasteiger partial charge in [-0.3, -0.25) is 9.68 Å². The molecule has 5 atom stereocenters. The molecule has 0 aromatic rings. The fraction of sp³-hybridized carbons (Fsp3) is 0.818. The highest BCUT2D eigenvalue weighted by Gasteiger charge is 2.51. The second-order valence-electron chi connectivity index (χ2n) is 4.77. The predicted octanol–water partition coefficient (Wildman–Crippen LogP) is -3.99. The zero-order valence-electron chi connectivity index (χ0n) is 11.6. The molecule has 0 aromatic carbocycles. The van der Waals surface area contributed by atoms with Crippen LogP contribution in [0.25, 0.3) is 0 Å². The number of rotatable bonds is 5. The van der Waals surface area contributed by atoms with E-state index in [0.29, 0.717) is 0 Å². The number of hydrogen-bond donors (Lipinski definition) is 6. The van der Waals surface area contributed by atoms with E-state index in [0.717, 1.165) is 11.8 Å². The Morgan fingerprint density at radius 2 is 1.73 bits per heavy atom. The van der Waals surface area contributed by atoms with Crippen molar-refractivity contribution in [1.29, 1.82) is 0 Å². The summed E-state index contributed by atoms with van der Waals surface area (Å²) in [6.45, 7) is -0.299. The average molecular weight is 325 g/mol. The van der Waals surface area contributed by atoms with Crippen molar-refractivity contribution in [2.45, 2.75) is 43.6 Å². The summed E-state index contributed by atoms with van der Waals surface area (Å²) in [5.41, 5.74) is 0. The minimum atomic E-state index is -1.94. The average Bonchev–Trinajstić information content (AvgIpc) is 2.49. The van der Waals surface area contributed by atoms with Crippen LogP contribution >= 0.6 is 0 Å². The van der Waals surface area contributed by atoms with Crippen LogP contribution in [-0.2, 0) is 19.2 Å². The minimum absolute atomic E-state index is 0.676. The first kappa shape index (κ1) is 18.7. The molecule has 0 aliphatic carbocycles. The topological polar surface area (TPSA) is 177 Å². The molecular weight excluding hydrogens is 306 g/mol. The summed E-state index contributed by atoms with van der Waals surface area (Å²) in [6.07, 6.45) is -7.60. The highest BCUT2D eigenvalue weighted by Crippen LogP contribution is 2.26. The number of hydrogen-bond acceptors (Lipinski definition) is 10. The van der Waals surface area contributed by atoms with Crippen LogP contribution in [0.3, 0.4) is 0 Å². The van der Waals surface area contributed by atoms with Crippen LogP contribution in [0.5, 0.6) is 0 Å². The molecule has 1 aliphatic heterocycles. The van der Waals surface area contributed by atoms with Crippen molar-refractivity contribution in [3.63, 3.8) is 0 Å². The summed E-state index contributed by atoms with van der Waals surface area (Å²) in [5.74, 6) is -2.17.